The molecule has 2 aliphatic rings. The van der Waals surface area contributed by atoms with Gasteiger partial charge in [-0.25, -0.2) is 4.79 Å². The molecular weight excluding hydrogens is 220 g/mol. The number of fused-ring (bicyclic) bond motifs is 1. The SMILES string of the molecule is CC(CN)CC(=O)N1CCN2C(=O)NCC2C1. The van der Waals surface area contributed by atoms with Gasteiger partial charge in [-0.2, -0.15) is 0 Å². The lowest BCUT2D eigenvalue weighted by atomic mass is 10.1. The molecule has 2 atom stereocenters. The molecule has 2 saturated heterocycles. The molecule has 3 amide bonds. The summed E-state index contributed by atoms with van der Waals surface area (Å²) in [5, 5.41) is 2.80. The van der Waals surface area contributed by atoms with Gasteiger partial charge in [-0.1, -0.05) is 6.92 Å². The molecule has 0 aromatic carbocycles. The molecule has 2 fully saturated rings. The van der Waals surface area contributed by atoms with E-state index in [1.54, 1.807) is 0 Å². The zero-order valence-corrected chi connectivity index (χ0v) is 10.2. The fraction of sp³-hybridized carbons (Fsp3) is 0.818. The van der Waals surface area contributed by atoms with Gasteiger partial charge in [0.2, 0.25) is 5.91 Å². The van der Waals surface area contributed by atoms with Crippen LogP contribution in [-0.2, 0) is 4.79 Å². The third-order valence-electron chi connectivity index (χ3n) is 3.51. The number of carbonyl (C=O) groups is 2. The Morgan fingerprint density at radius 2 is 2.35 bits per heavy atom. The Balaban J connectivity index is 1.88. The Morgan fingerprint density at radius 3 is 3.06 bits per heavy atom. The maximum Gasteiger partial charge on any atom is 0.317 e. The maximum absolute atomic E-state index is 12.0. The van der Waals surface area contributed by atoms with Crippen LogP contribution in [0.1, 0.15) is 13.3 Å². The van der Waals surface area contributed by atoms with Gasteiger partial charge in [0.15, 0.2) is 0 Å². The summed E-state index contributed by atoms with van der Waals surface area (Å²) in [7, 11) is 0. The van der Waals surface area contributed by atoms with E-state index < -0.39 is 0 Å². The lowest BCUT2D eigenvalue weighted by molar-refractivity contribution is -0.134. The predicted octanol–water partition coefficient (Wildman–Crippen LogP) is -0.793. The Bertz CT molecular complexity index is 321. The van der Waals surface area contributed by atoms with Crippen molar-refractivity contribution in [3.63, 3.8) is 0 Å². The smallest absolute Gasteiger partial charge is 0.317 e. The summed E-state index contributed by atoms with van der Waals surface area (Å²) in [6.07, 6.45) is 0.505. The van der Waals surface area contributed by atoms with Gasteiger partial charge in [-0.15, -0.1) is 0 Å². The maximum atomic E-state index is 12.0. The molecule has 2 aliphatic heterocycles. The fourth-order valence-corrected chi connectivity index (χ4v) is 2.34. The third kappa shape index (κ3) is 2.52. The number of carbonyl (C=O) groups excluding carboxylic acids is 2. The number of hydrogen-bond donors (Lipinski definition) is 2. The number of hydrogen-bond acceptors (Lipinski definition) is 3. The number of nitrogens with zero attached hydrogens (tertiary/aromatic N) is 2. The van der Waals surface area contributed by atoms with Gasteiger partial charge >= 0.3 is 6.03 Å². The van der Waals surface area contributed by atoms with E-state index in [0.717, 1.165) is 0 Å². The molecule has 0 saturated carbocycles. The molecule has 0 aliphatic carbocycles. The normalized spacial score (nSPS) is 25.5. The molecule has 0 radical (unpaired) electrons. The van der Waals surface area contributed by atoms with Crippen molar-refractivity contribution >= 4 is 11.9 Å². The van der Waals surface area contributed by atoms with Crippen molar-refractivity contribution in [2.24, 2.45) is 11.7 Å². The second-order valence-corrected chi connectivity index (χ2v) is 4.92. The first-order chi connectivity index (χ1) is 8.11. The van der Waals surface area contributed by atoms with E-state index >= 15 is 0 Å². The van der Waals surface area contributed by atoms with E-state index in [2.05, 4.69) is 5.32 Å². The molecule has 0 bridgehead atoms. The van der Waals surface area contributed by atoms with E-state index in [0.29, 0.717) is 39.1 Å². The van der Waals surface area contributed by atoms with Crippen LogP contribution in [0.2, 0.25) is 0 Å². The molecule has 6 nitrogen and oxygen atoms in total. The van der Waals surface area contributed by atoms with Crippen molar-refractivity contribution in [1.82, 2.24) is 15.1 Å². The van der Waals surface area contributed by atoms with Crippen molar-refractivity contribution in [3.8, 4) is 0 Å². The second-order valence-electron chi connectivity index (χ2n) is 4.92. The monoisotopic (exact) mass is 240 g/mol. The molecule has 2 heterocycles. The fourth-order valence-electron chi connectivity index (χ4n) is 2.34. The molecule has 0 aromatic rings. The summed E-state index contributed by atoms with van der Waals surface area (Å²) in [6.45, 7) is 5.09. The highest BCUT2D eigenvalue weighted by Crippen LogP contribution is 2.15. The summed E-state index contributed by atoms with van der Waals surface area (Å²) in [6, 6.07) is 0.144. The molecule has 17 heavy (non-hydrogen) atoms. The summed E-state index contributed by atoms with van der Waals surface area (Å²) in [5.74, 6) is 0.380. The average molecular weight is 240 g/mol. The van der Waals surface area contributed by atoms with Crippen LogP contribution in [-0.4, -0.2) is 60.5 Å². The summed E-state index contributed by atoms with van der Waals surface area (Å²) in [4.78, 5) is 27.1. The van der Waals surface area contributed by atoms with Gasteiger partial charge in [0.05, 0.1) is 6.04 Å². The van der Waals surface area contributed by atoms with Crippen LogP contribution < -0.4 is 11.1 Å². The zero-order valence-electron chi connectivity index (χ0n) is 10.2. The minimum atomic E-state index is -0.00238. The second kappa shape index (κ2) is 4.91. The number of piperazine rings is 1. The largest absolute Gasteiger partial charge is 0.339 e. The van der Waals surface area contributed by atoms with Gasteiger partial charge in [0.25, 0.3) is 0 Å². The molecular formula is C11H20N4O2. The van der Waals surface area contributed by atoms with Crippen LogP contribution in [0.15, 0.2) is 0 Å². The van der Waals surface area contributed by atoms with Crippen LogP contribution in [0, 0.1) is 5.92 Å². The lowest BCUT2D eigenvalue weighted by Crippen LogP contribution is -2.54. The molecule has 2 rings (SSSR count). The van der Waals surface area contributed by atoms with Crippen LogP contribution in [0.3, 0.4) is 0 Å². The topological polar surface area (TPSA) is 78.7 Å². The third-order valence-corrected chi connectivity index (χ3v) is 3.51. The van der Waals surface area contributed by atoms with E-state index in [-0.39, 0.29) is 23.9 Å². The van der Waals surface area contributed by atoms with E-state index in [9.17, 15) is 9.59 Å². The van der Waals surface area contributed by atoms with Crippen LogP contribution >= 0.6 is 0 Å². The Hall–Kier alpha value is -1.30. The van der Waals surface area contributed by atoms with E-state index in [1.807, 2.05) is 16.7 Å². The van der Waals surface area contributed by atoms with Gasteiger partial charge in [-0.3, -0.25) is 4.79 Å². The minimum absolute atomic E-state index is 0.00238. The van der Waals surface area contributed by atoms with E-state index in [4.69, 9.17) is 5.73 Å². The standard InChI is InChI=1S/C11H20N4O2/c1-8(5-12)4-10(16)14-2-3-15-9(7-14)6-13-11(15)17/h8-9H,2-7,12H2,1H3,(H,13,17). The lowest BCUT2D eigenvalue weighted by Gasteiger charge is -2.36. The van der Waals surface area contributed by atoms with Crippen LogP contribution in [0.4, 0.5) is 4.79 Å². The van der Waals surface area contributed by atoms with Gasteiger partial charge in [-0.05, 0) is 12.5 Å². The number of nitrogens with two attached hydrogens (primary N) is 1. The van der Waals surface area contributed by atoms with Crippen LogP contribution in [0.5, 0.6) is 0 Å². The highest BCUT2D eigenvalue weighted by atomic mass is 16.2. The summed E-state index contributed by atoms with van der Waals surface area (Å²) >= 11 is 0. The first-order valence-electron chi connectivity index (χ1n) is 6.14. The van der Waals surface area contributed by atoms with E-state index in [1.165, 1.54) is 0 Å². The highest BCUT2D eigenvalue weighted by Gasteiger charge is 2.36. The number of amides is 3. The number of rotatable bonds is 3. The Labute approximate surface area is 101 Å². The first kappa shape index (κ1) is 12.2. The quantitative estimate of drug-likeness (QED) is 0.678. The molecule has 0 spiro atoms. The van der Waals surface area contributed by atoms with Crippen molar-refractivity contribution in [2.75, 3.05) is 32.7 Å². The molecule has 2 unspecified atom stereocenters. The highest BCUT2D eigenvalue weighted by molar-refractivity contribution is 5.79. The molecule has 6 heteroatoms. The Kier molecular flexibility index (Phi) is 3.51. The average Bonchev–Trinajstić information content (AvgIpc) is 2.70. The van der Waals surface area contributed by atoms with Crippen LogP contribution in [0.25, 0.3) is 0 Å². The number of nitrogens with one attached hydrogen (secondary N) is 1. The summed E-state index contributed by atoms with van der Waals surface area (Å²) in [5.41, 5.74) is 5.52. The van der Waals surface area contributed by atoms with Gasteiger partial charge in [0, 0.05) is 32.6 Å². The van der Waals surface area contributed by atoms with Crippen molar-refractivity contribution < 1.29 is 9.59 Å². The molecule has 3 N–H and O–H groups in total. The molecule has 0 aromatic heterocycles. The van der Waals surface area contributed by atoms with Crippen molar-refractivity contribution in [3.05, 3.63) is 0 Å². The predicted molar refractivity (Wildman–Crippen MR) is 63.3 cm³/mol. The van der Waals surface area contributed by atoms with Gasteiger partial charge < -0.3 is 20.9 Å². The zero-order chi connectivity index (χ0) is 12.4. The van der Waals surface area contributed by atoms with Gasteiger partial charge in [0.1, 0.15) is 0 Å². The molecule has 96 valence electrons. The van der Waals surface area contributed by atoms with Crippen molar-refractivity contribution in [1.29, 1.82) is 0 Å². The minimum Gasteiger partial charge on any atom is -0.339 e. The van der Waals surface area contributed by atoms with Crippen molar-refractivity contribution in [2.45, 2.75) is 19.4 Å². The number of urea groups is 1. The Morgan fingerprint density at radius 1 is 1.59 bits per heavy atom. The summed E-state index contributed by atoms with van der Waals surface area (Å²) < 4.78 is 0. The first-order valence-corrected chi connectivity index (χ1v) is 6.14.